The number of ether oxygens (including phenoxy) is 1. The predicted octanol–water partition coefficient (Wildman–Crippen LogP) is 1.94. The van der Waals surface area contributed by atoms with Crippen LogP contribution in [0.15, 0.2) is 24.3 Å². The van der Waals surface area contributed by atoms with Gasteiger partial charge in [0.15, 0.2) is 0 Å². The van der Waals surface area contributed by atoms with Gasteiger partial charge in [-0.3, -0.25) is 4.90 Å². The molecule has 1 aliphatic heterocycles. The van der Waals surface area contributed by atoms with Crippen LogP contribution in [0.2, 0.25) is 0 Å². The highest BCUT2D eigenvalue weighted by Crippen LogP contribution is 2.26. The topological polar surface area (TPSA) is 38.5 Å². The largest absolute Gasteiger partial charge is 0.373 e. The molecule has 2 rings (SSSR count). The molecule has 1 heterocycles. The molecule has 1 atom stereocenters. The van der Waals surface area contributed by atoms with E-state index in [4.69, 9.17) is 10.5 Å². The van der Waals surface area contributed by atoms with Crippen LogP contribution < -0.4 is 5.73 Å². The lowest BCUT2D eigenvalue weighted by molar-refractivity contribution is -0.0967. The molecule has 2 N–H and O–H groups in total. The Labute approximate surface area is 108 Å². The highest BCUT2D eigenvalue weighted by molar-refractivity contribution is 5.21. The van der Waals surface area contributed by atoms with Crippen LogP contribution in [0.1, 0.15) is 25.5 Å². The van der Waals surface area contributed by atoms with Crippen molar-refractivity contribution in [2.45, 2.75) is 25.5 Å². The monoisotopic (exact) mass is 252 g/mol. The summed E-state index contributed by atoms with van der Waals surface area (Å²) in [6.45, 7) is 6.96. The number of morpholine rings is 1. The Balaban J connectivity index is 2.18. The lowest BCUT2D eigenvalue weighted by atomic mass is 10.0. The first-order valence-electron chi connectivity index (χ1n) is 6.35. The molecule has 0 radical (unpaired) electrons. The summed E-state index contributed by atoms with van der Waals surface area (Å²) in [6.07, 6.45) is 0. The zero-order chi connectivity index (χ0) is 13.2. The maximum atomic E-state index is 13.3. The first-order valence-corrected chi connectivity index (χ1v) is 6.35. The van der Waals surface area contributed by atoms with Gasteiger partial charge in [-0.05, 0) is 31.5 Å². The maximum absolute atomic E-state index is 13.3. The third-order valence-corrected chi connectivity index (χ3v) is 3.35. The minimum atomic E-state index is -0.210. The van der Waals surface area contributed by atoms with E-state index in [1.165, 1.54) is 6.07 Å². The second-order valence-electron chi connectivity index (χ2n) is 5.39. The summed E-state index contributed by atoms with van der Waals surface area (Å²) in [7, 11) is 0. The van der Waals surface area contributed by atoms with Gasteiger partial charge in [0, 0.05) is 25.7 Å². The first kappa shape index (κ1) is 13.5. The van der Waals surface area contributed by atoms with Crippen LogP contribution in [0.3, 0.4) is 0 Å². The molecule has 4 heteroatoms. The van der Waals surface area contributed by atoms with Crippen molar-refractivity contribution >= 4 is 0 Å². The summed E-state index contributed by atoms with van der Waals surface area (Å²) in [4.78, 5) is 2.28. The number of nitrogens with zero attached hydrogens (tertiary/aromatic N) is 1. The van der Waals surface area contributed by atoms with Crippen molar-refractivity contribution in [3.05, 3.63) is 35.6 Å². The molecule has 0 saturated carbocycles. The van der Waals surface area contributed by atoms with Gasteiger partial charge < -0.3 is 10.5 Å². The first-order chi connectivity index (χ1) is 8.52. The molecule has 1 unspecified atom stereocenters. The molecule has 1 saturated heterocycles. The average Bonchev–Trinajstić information content (AvgIpc) is 2.29. The molecule has 0 bridgehead atoms. The molecule has 18 heavy (non-hydrogen) atoms. The third kappa shape index (κ3) is 3.07. The minimum absolute atomic E-state index is 0.0591. The molecule has 0 aromatic heterocycles. The number of benzene rings is 1. The summed E-state index contributed by atoms with van der Waals surface area (Å²) in [5.74, 6) is -0.210. The van der Waals surface area contributed by atoms with Gasteiger partial charge in [0.05, 0.1) is 12.2 Å². The lowest BCUT2D eigenvalue weighted by Crippen LogP contribution is -2.50. The Kier molecular flexibility index (Phi) is 4.00. The quantitative estimate of drug-likeness (QED) is 0.893. The highest BCUT2D eigenvalue weighted by Gasteiger charge is 2.31. The van der Waals surface area contributed by atoms with Crippen LogP contribution in [0.4, 0.5) is 4.39 Å². The second-order valence-corrected chi connectivity index (χ2v) is 5.39. The van der Waals surface area contributed by atoms with Crippen molar-refractivity contribution in [3.8, 4) is 0 Å². The van der Waals surface area contributed by atoms with E-state index in [0.717, 1.165) is 18.7 Å². The SMILES string of the molecule is CC1(C)CN(C(CN)c2cccc(F)c2)CCO1. The van der Waals surface area contributed by atoms with Gasteiger partial charge >= 0.3 is 0 Å². The zero-order valence-corrected chi connectivity index (χ0v) is 11.0. The van der Waals surface area contributed by atoms with Crippen LogP contribution in [0.5, 0.6) is 0 Å². The fourth-order valence-electron chi connectivity index (χ4n) is 2.53. The smallest absolute Gasteiger partial charge is 0.123 e. The molecule has 0 amide bonds. The fourth-order valence-corrected chi connectivity index (χ4v) is 2.53. The molecule has 0 aliphatic carbocycles. The Morgan fingerprint density at radius 1 is 1.50 bits per heavy atom. The van der Waals surface area contributed by atoms with Crippen LogP contribution >= 0.6 is 0 Å². The summed E-state index contributed by atoms with van der Waals surface area (Å²) in [6, 6.07) is 6.76. The van der Waals surface area contributed by atoms with Gasteiger partial charge in [-0.25, -0.2) is 4.39 Å². The fraction of sp³-hybridized carbons (Fsp3) is 0.571. The van der Waals surface area contributed by atoms with Gasteiger partial charge in [0.25, 0.3) is 0 Å². The number of halogens is 1. The molecule has 0 spiro atoms. The lowest BCUT2D eigenvalue weighted by Gasteiger charge is -2.42. The van der Waals surface area contributed by atoms with Crippen LogP contribution in [-0.4, -0.2) is 36.7 Å². The summed E-state index contributed by atoms with van der Waals surface area (Å²) in [5.41, 5.74) is 6.64. The molecular weight excluding hydrogens is 231 g/mol. The van der Waals surface area contributed by atoms with E-state index >= 15 is 0 Å². The van der Waals surface area contributed by atoms with E-state index in [2.05, 4.69) is 18.7 Å². The van der Waals surface area contributed by atoms with Crippen molar-refractivity contribution in [2.24, 2.45) is 5.73 Å². The Hall–Kier alpha value is -0.970. The van der Waals surface area contributed by atoms with Crippen LogP contribution in [-0.2, 0) is 4.74 Å². The van der Waals surface area contributed by atoms with E-state index in [0.29, 0.717) is 13.2 Å². The number of hydrogen-bond acceptors (Lipinski definition) is 3. The highest BCUT2D eigenvalue weighted by atomic mass is 19.1. The van der Waals surface area contributed by atoms with Gasteiger partial charge in [-0.1, -0.05) is 12.1 Å². The maximum Gasteiger partial charge on any atom is 0.123 e. The molecule has 1 fully saturated rings. The standard InChI is InChI=1S/C14H21FN2O/c1-14(2)10-17(6-7-18-14)13(9-16)11-4-3-5-12(15)8-11/h3-5,8,13H,6-7,9-10,16H2,1-2H3. The summed E-state index contributed by atoms with van der Waals surface area (Å²) in [5, 5.41) is 0. The Morgan fingerprint density at radius 3 is 2.89 bits per heavy atom. The second kappa shape index (κ2) is 5.34. The normalized spacial score (nSPS) is 21.8. The van der Waals surface area contributed by atoms with Gasteiger partial charge in [-0.2, -0.15) is 0 Å². The third-order valence-electron chi connectivity index (χ3n) is 3.35. The summed E-state index contributed by atoms with van der Waals surface area (Å²) < 4.78 is 19.0. The van der Waals surface area contributed by atoms with Crippen molar-refractivity contribution in [1.82, 2.24) is 4.90 Å². The molecule has 1 aliphatic rings. The molecule has 1 aromatic carbocycles. The van der Waals surface area contributed by atoms with Crippen molar-refractivity contribution in [1.29, 1.82) is 0 Å². The van der Waals surface area contributed by atoms with Crippen molar-refractivity contribution < 1.29 is 9.13 Å². The summed E-state index contributed by atoms with van der Waals surface area (Å²) >= 11 is 0. The Morgan fingerprint density at radius 2 is 2.28 bits per heavy atom. The predicted molar refractivity (Wildman–Crippen MR) is 69.8 cm³/mol. The Bertz CT molecular complexity index is 409. The number of rotatable bonds is 3. The number of nitrogens with two attached hydrogens (primary N) is 1. The minimum Gasteiger partial charge on any atom is -0.373 e. The van der Waals surface area contributed by atoms with Gasteiger partial charge in [-0.15, -0.1) is 0 Å². The van der Waals surface area contributed by atoms with Gasteiger partial charge in [0.1, 0.15) is 5.82 Å². The average molecular weight is 252 g/mol. The molecular formula is C14H21FN2O. The molecule has 3 nitrogen and oxygen atoms in total. The van der Waals surface area contributed by atoms with E-state index in [1.54, 1.807) is 12.1 Å². The zero-order valence-electron chi connectivity index (χ0n) is 11.0. The van der Waals surface area contributed by atoms with E-state index in [9.17, 15) is 4.39 Å². The molecule has 100 valence electrons. The van der Waals surface area contributed by atoms with Crippen LogP contribution in [0.25, 0.3) is 0 Å². The molecule has 1 aromatic rings. The number of hydrogen-bond donors (Lipinski definition) is 1. The van der Waals surface area contributed by atoms with Crippen LogP contribution in [0, 0.1) is 5.82 Å². The van der Waals surface area contributed by atoms with E-state index in [-0.39, 0.29) is 17.5 Å². The van der Waals surface area contributed by atoms with E-state index in [1.807, 2.05) is 6.07 Å². The van der Waals surface area contributed by atoms with Gasteiger partial charge in [0.2, 0.25) is 0 Å². The van der Waals surface area contributed by atoms with E-state index < -0.39 is 0 Å². The van der Waals surface area contributed by atoms with Crippen molar-refractivity contribution in [2.75, 3.05) is 26.2 Å². The van der Waals surface area contributed by atoms with Crippen molar-refractivity contribution in [3.63, 3.8) is 0 Å².